The van der Waals surface area contributed by atoms with Crippen molar-refractivity contribution in [3.63, 3.8) is 0 Å². The van der Waals surface area contributed by atoms with E-state index < -0.39 is 18.0 Å². The lowest BCUT2D eigenvalue weighted by atomic mass is 10.2. The van der Waals surface area contributed by atoms with Gasteiger partial charge >= 0.3 is 11.9 Å². The molecule has 1 N–H and O–H groups in total. The van der Waals surface area contributed by atoms with Gasteiger partial charge in [0.2, 0.25) is 0 Å². The molecule has 0 spiro atoms. The number of esters is 1. The second-order valence-corrected chi connectivity index (χ2v) is 3.40. The Morgan fingerprint density at radius 2 is 2.18 bits per heavy atom. The standard InChI is InChI=1S/C10H14N2O5/c1-12-6(5-8(16-2)9(13)14)4-7(11-12)10(15)17-3/h4,8H,5H2,1-3H3,(H,13,14). The molecular weight excluding hydrogens is 228 g/mol. The normalized spacial score (nSPS) is 12.2. The number of aliphatic carboxylic acids is 1. The summed E-state index contributed by atoms with van der Waals surface area (Å²) in [5.74, 6) is -1.62. The first-order chi connectivity index (χ1) is 7.99. The fourth-order valence-corrected chi connectivity index (χ4v) is 1.36. The molecule has 1 aromatic rings. The lowest BCUT2D eigenvalue weighted by Gasteiger charge is -2.09. The van der Waals surface area contributed by atoms with Gasteiger partial charge in [0.25, 0.3) is 0 Å². The Bertz CT molecular complexity index is 426. The first-order valence-corrected chi connectivity index (χ1v) is 4.86. The van der Waals surface area contributed by atoms with Gasteiger partial charge in [-0.15, -0.1) is 0 Å². The summed E-state index contributed by atoms with van der Waals surface area (Å²) in [5, 5.41) is 12.8. The lowest BCUT2D eigenvalue weighted by molar-refractivity contribution is -0.148. The predicted molar refractivity (Wildman–Crippen MR) is 56.7 cm³/mol. The second kappa shape index (κ2) is 5.44. The number of nitrogens with zero attached hydrogens (tertiary/aromatic N) is 2. The minimum Gasteiger partial charge on any atom is -0.479 e. The number of ether oxygens (including phenoxy) is 2. The first kappa shape index (κ1) is 13.2. The monoisotopic (exact) mass is 242 g/mol. The van der Waals surface area contributed by atoms with Gasteiger partial charge in [0, 0.05) is 26.3 Å². The van der Waals surface area contributed by atoms with Gasteiger partial charge in [0.1, 0.15) is 0 Å². The van der Waals surface area contributed by atoms with Gasteiger partial charge in [-0.1, -0.05) is 0 Å². The summed E-state index contributed by atoms with van der Waals surface area (Å²) < 4.78 is 10.8. The summed E-state index contributed by atoms with van der Waals surface area (Å²) in [6.07, 6.45) is -0.831. The maximum Gasteiger partial charge on any atom is 0.358 e. The van der Waals surface area contributed by atoms with Crippen LogP contribution >= 0.6 is 0 Å². The average molecular weight is 242 g/mol. The Kier molecular flexibility index (Phi) is 4.22. The Hall–Kier alpha value is -1.89. The van der Waals surface area contributed by atoms with Crippen molar-refractivity contribution in [1.29, 1.82) is 0 Å². The Labute approximate surface area is 97.9 Å². The fourth-order valence-electron chi connectivity index (χ4n) is 1.36. The van der Waals surface area contributed by atoms with Crippen molar-refractivity contribution in [2.24, 2.45) is 7.05 Å². The van der Waals surface area contributed by atoms with Crippen molar-refractivity contribution in [2.75, 3.05) is 14.2 Å². The molecule has 94 valence electrons. The summed E-state index contributed by atoms with van der Waals surface area (Å²) in [5.41, 5.74) is 0.727. The van der Waals surface area contributed by atoms with Gasteiger partial charge in [0.05, 0.1) is 7.11 Å². The van der Waals surface area contributed by atoms with Gasteiger partial charge in [-0.25, -0.2) is 9.59 Å². The molecule has 17 heavy (non-hydrogen) atoms. The van der Waals surface area contributed by atoms with E-state index in [-0.39, 0.29) is 12.1 Å². The van der Waals surface area contributed by atoms with Crippen molar-refractivity contribution >= 4 is 11.9 Å². The maximum atomic E-state index is 11.2. The summed E-state index contributed by atoms with van der Waals surface area (Å²) in [7, 11) is 4.19. The number of carboxylic acid groups (broad SMARTS) is 1. The van der Waals surface area contributed by atoms with Crippen LogP contribution in [0, 0.1) is 0 Å². The van der Waals surface area contributed by atoms with E-state index in [4.69, 9.17) is 9.84 Å². The summed E-state index contributed by atoms with van der Waals surface area (Å²) in [6, 6.07) is 1.49. The largest absolute Gasteiger partial charge is 0.479 e. The molecule has 1 rings (SSSR count). The molecule has 0 fully saturated rings. The van der Waals surface area contributed by atoms with Crippen LogP contribution in [-0.4, -0.2) is 47.1 Å². The molecule has 0 radical (unpaired) electrons. The molecule has 7 heteroatoms. The van der Waals surface area contributed by atoms with E-state index in [1.165, 1.54) is 25.0 Å². The molecule has 0 amide bonds. The van der Waals surface area contributed by atoms with Crippen molar-refractivity contribution < 1.29 is 24.2 Å². The van der Waals surface area contributed by atoms with Crippen molar-refractivity contribution in [3.05, 3.63) is 17.5 Å². The van der Waals surface area contributed by atoms with Gasteiger partial charge in [-0.3, -0.25) is 4.68 Å². The zero-order valence-electron chi connectivity index (χ0n) is 9.84. The number of aryl methyl sites for hydroxylation is 1. The van der Waals surface area contributed by atoms with Crippen LogP contribution in [0.2, 0.25) is 0 Å². The number of carbonyl (C=O) groups excluding carboxylic acids is 1. The van der Waals surface area contributed by atoms with Crippen molar-refractivity contribution in [3.8, 4) is 0 Å². The van der Waals surface area contributed by atoms with Crippen LogP contribution in [0.15, 0.2) is 6.07 Å². The van der Waals surface area contributed by atoms with Crippen LogP contribution in [0.4, 0.5) is 0 Å². The predicted octanol–water partition coefficient (Wildman–Crippen LogP) is -0.151. The molecule has 0 aromatic carbocycles. The van der Waals surface area contributed by atoms with Crippen LogP contribution in [-0.2, 0) is 27.7 Å². The van der Waals surface area contributed by atoms with Gasteiger partial charge in [0.15, 0.2) is 11.8 Å². The molecule has 1 aromatic heterocycles. The lowest BCUT2D eigenvalue weighted by Crippen LogP contribution is -2.25. The highest BCUT2D eigenvalue weighted by Crippen LogP contribution is 2.09. The van der Waals surface area contributed by atoms with E-state index in [1.54, 1.807) is 7.05 Å². The number of hydrogen-bond acceptors (Lipinski definition) is 5. The molecule has 0 aliphatic rings. The van der Waals surface area contributed by atoms with Crippen molar-refractivity contribution in [2.45, 2.75) is 12.5 Å². The first-order valence-electron chi connectivity index (χ1n) is 4.86. The smallest absolute Gasteiger partial charge is 0.358 e. The molecule has 0 saturated heterocycles. The zero-order chi connectivity index (χ0) is 13.0. The minimum absolute atomic E-state index is 0.131. The molecule has 0 aliphatic carbocycles. The summed E-state index contributed by atoms with van der Waals surface area (Å²) in [6.45, 7) is 0. The third-order valence-corrected chi connectivity index (χ3v) is 2.33. The average Bonchev–Trinajstić information content (AvgIpc) is 2.66. The highest BCUT2D eigenvalue weighted by molar-refractivity contribution is 5.87. The molecule has 1 atom stereocenters. The Balaban J connectivity index is 2.88. The quantitative estimate of drug-likeness (QED) is 0.722. The van der Waals surface area contributed by atoms with Crippen LogP contribution < -0.4 is 0 Å². The van der Waals surface area contributed by atoms with E-state index in [0.29, 0.717) is 5.69 Å². The second-order valence-electron chi connectivity index (χ2n) is 3.40. The van der Waals surface area contributed by atoms with E-state index in [1.807, 2.05) is 0 Å². The maximum absolute atomic E-state index is 11.2. The van der Waals surface area contributed by atoms with E-state index in [2.05, 4.69) is 9.84 Å². The zero-order valence-corrected chi connectivity index (χ0v) is 9.84. The van der Waals surface area contributed by atoms with Gasteiger partial charge in [-0.05, 0) is 6.07 Å². The Morgan fingerprint density at radius 1 is 1.53 bits per heavy atom. The van der Waals surface area contributed by atoms with Crippen LogP contribution in [0.3, 0.4) is 0 Å². The molecular formula is C10H14N2O5. The minimum atomic E-state index is -1.06. The number of aromatic nitrogens is 2. The van der Waals surface area contributed by atoms with Gasteiger partial charge in [-0.2, -0.15) is 5.10 Å². The number of carboxylic acids is 1. The molecule has 1 heterocycles. The summed E-state index contributed by atoms with van der Waals surface area (Å²) >= 11 is 0. The molecule has 0 bridgehead atoms. The van der Waals surface area contributed by atoms with Crippen molar-refractivity contribution in [1.82, 2.24) is 9.78 Å². The molecule has 0 saturated carbocycles. The topological polar surface area (TPSA) is 90.6 Å². The number of carbonyl (C=O) groups is 2. The van der Waals surface area contributed by atoms with Gasteiger partial charge < -0.3 is 14.6 Å². The van der Waals surface area contributed by atoms with Crippen LogP contribution in [0.25, 0.3) is 0 Å². The number of rotatable bonds is 5. The third-order valence-electron chi connectivity index (χ3n) is 2.33. The number of hydrogen-bond donors (Lipinski definition) is 1. The molecule has 7 nitrogen and oxygen atoms in total. The highest BCUT2D eigenvalue weighted by atomic mass is 16.5. The SMILES string of the molecule is COC(=O)c1cc(CC(OC)C(=O)O)n(C)n1. The summed E-state index contributed by atoms with van der Waals surface area (Å²) in [4.78, 5) is 22.0. The third kappa shape index (κ3) is 3.04. The highest BCUT2D eigenvalue weighted by Gasteiger charge is 2.21. The van der Waals surface area contributed by atoms with E-state index >= 15 is 0 Å². The van der Waals surface area contributed by atoms with Crippen LogP contribution in [0.1, 0.15) is 16.2 Å². The fraction of sp³-hybridized carbons (Fsp3) is 0.500. The van der Waals surface area contributed by atoms with E-state index in [9.17, 15) is 9.59 Å². The van der Waals surface area contributed by atoms with E-state index in [0.717, 1.165) is 0 Å². The molecule has 0 aliphatic heterocycles. The molecule has 1 unspecified atom stereocenters. The Morgan fingerprint density at radius 3 is 2.65 bits per heavy atom. The number of methoxy groups -OCH3 is 2. The van der Waals surface area contributed by atoms with Crippen LogP contribution in [0.5, 0.6) is 0 Å².